The number of piperidine rings is 2. The molecule has 0 aromatic heterocycles. The lowest BCUT2D eigenvalue weighted by Crippen LogP contribution is -2.56. The number of aliphatic hydroxyl groups excluding tert-OH is 1. The SMILES string of the molecule is Cc1cccc(S(=O)(=O)N2CCC[C@H](NC(=O)N3C4CCC3CC(O)C4)C2)c1. The van der Waals surface area contributed by atoms with Crippen LogP contribution in [-0.2, 0) is 10.0 Å². The summed E-state index contributed by atoms with van der Waals surface area (Å²) in [5, 5.41) is 13.0. The molecule has 0 spiro atoms. The van der Waals surface area contributed by atoms with Gasteiger partial charge in [-0.3, -0.25) is 0 Å². The van der Waals surface area contributed by atoms with Crippen molar-refractivity contribution in [1.82, 2.24) is 14.5 Å². The van der Waals surface area contributed by atoms with Crippen LogP contribution in [0.5, 0.6) is 0 Å². The van der Waals surface area contributed by atoms with E-state index < -0.39 is 10.0 Å². The van der Waals surface area contributed by atoms with Gasteiger partial charge in [-0.15, -0.1) is 0 Å². The summed E-state index contributed by atoms with van der Waals surface area (Å²) in [6.45, 7) is 2.65. The molecule has 7 nitrogen and oxygen atoms in total. The van der Waals surface area contributed by atoms with E-state index in [1.807, 2.05) is 17.9 Å². The van der Waals surface area contributed by atoms with Crippen LogP contribution in [0.25, 0.3) is 0 Å². The smallest absolute Gasteiger partial charge is 0.318 e. The molecule has 3 atom stereocenters. The van der Waals surface area contributed by atoms with Crippen molar-refractivity contribution in [1.29, 1.82) is 0 Å². The summed E-state index contributed by atoms with van der Waals surface area (Å²) >= 11 is 0. The predicted molar refractivity (Wildman–Crippen MR) is 105 cm³/mol. The first-order valence-corrected chi connectivity index (χ1v) is 11.6. The molecule has 8 heteroatoms. The van der Waals surface area contributed by atoms with E-state index in [1.165, 1.54) is 4.31 Å². The van der Waals surface area contributed by atoms with Crippen molar-refractivity contribution in [3.63, 3.8) is 0 Å². The van der Waals surface area contributed by atoms with Crippen LogP contribution in [0, 0.1) is 6.92 Å². The molecule has 2 amide bonds. The maximum absolute atomic E-state index is 13.0. The second kappa shape index (κ2) is 7.65. The van der Waals surface area contributed by atoms with E-state index in [2.05, 4.69) is 5.32 Å². The van der Waals surface area contributed by atoms with Crippen molar-refractivity contribution in [3.8, 4) is 0 Å². The molecule has 4 rings (SSSR count). The van der Waals surface area contributed by atoms with Crippen molar-refractivity contribution < 1.29 is 18.3 Å². The van der Waals surface area contributed by atoms with E-state index in [0.717, 1.165) is 31.2 Å². The number of carbonyl (C=O) groups is 1. The van der Waals surface area contributed by atoms with Gasteiger partial charge in [0.1, 0.15) is 0 Å². The zero-order valence-electron chi connectivity index (χ0n) is 16.3. The third-order valence-electron chi connectivity index (χ3n) is 6.28. The zero-order chi connectivity index (χ0) is 19.9. The van der Waals surface area contributed by atoms with E-state index in [1.54, 1.807) is 18.2 Å². The minimum atomic E-state index is -3.56. The van der Waals surface area contributed by atoms with Gasteiger partial charge in [0.15, 0.2) is 0 Å². The molecule has 0 saturated carbocycles. The Morgan fingerprint density at radius 1 is 1.18 bits per heavy atom. The highest BCUT2D eigenvalue weighted by atomic mass is 32.2. The van der Waals surface area contributed by atoms with Crippen LogP contribution in [0.2, 0.25) is 0 Å². The molecule has 3 aliphatic heterocycles. The maximum Gasteiger partial charge on any atom is 0.318 e. The fourth-order valence-corrected chi connectivity index (χ4v) is 6.56. The highest BCUT2D eigenvalue weighted by Gasteiger charge is 2.43. The number of nitrogens with zero attached hydrogens (tertiary/aromatic N) is 2. The summed E-state index contributed by atoms with van der Waals surface area (Å²) in [4.78, 5) is 15.1. The second-order valence-electron chi connectivity index (χ2n) is 8.39. The number of hydrogen-bond acceptors (Lipinski definition) is 4. The number of carbonyl (C=O) groups excluding carboxylic acids is 1. The lowest BCUT2D eigenvalue weighted by molar-refractivity contribution is 0.0528. The molecule has 1 aromatic carbocycles. The first-order chi connectivity index (χ1) is 13.3. The second-order valence-corrected chi connectivity index (χ2v) is 10.3. The monoisotopic (exact) mass is 407 g/mol. The first-order valence-electron chi connectivity index (χ1n) is 10.2. The van der Waals surface area contributed by atoms with Crippen molar-refractivity contribution >= 4 is 16.1 Å². The summed E-state index contributed by atoms with van der Waals surface area (Å²) in [5.74, 6) is 0. The van der Waals surface area contributed by atoms with Crippen LogP contribution in [0.4, 0.5) is 4.79 Å². The van der Waals surface area contributed by atoms with Crippen LogP contribution in [0.3, 0.4) is 0 Å². The van der Waals surface area contributed by atoms with Crippen molar-refractivity contribution in [2.75, 3.05) is 13.1 Å². The van der Waals surface area contributed by atoms with E-state index >= 15 is 0 Å². The molecule has 3 saturated heterocycles. The van der Waals surface area contributed by atoms with Crippen molar-refractivity contribution in [2.24, 2.45) is 0 Å². The number of sulfonamides is 1. The summed E-state index contributed by atoms with van der Waals surface area (Å²) < 4.78 is 27.5. The molecule has 0 aliphatic carbocycles. The minimum absolute atomic E-state index is 0.101. The third kappa shape index (κ3) is 3.77. The third-order valence-corrected chi connectivity index (χ3v) is 8.14. The van der Waals surface area contributed by atoms with Crippen molar-refractivity contribution in [2.45, 2.75) is 74.6 Å². The van der Waals surface area contributed by atoms with Gasteiger partial charge in [0, 0.05) is 31.2 Å². The Labute approximate surface area is 166 Å². The van der Waals surface area contributed by atoms with E-state index in [4.69, 9.17) is 0 Å². The molecule has 3 aliphatic rings. The molecule has 2 bridgehead atoms. The van der Waals surface area contributed by atoms with Gasteiger partial charge in [-0.1, -0.05) is 12.1 Å². The number of hydrogen-bond donors (Lipinski definition) is 2. The molecule has 3 fully saturated rings. The van der Waals surface area contributed by atoms with Crippen LogP contribution < -0.4 is 5.32 Å². The lowest BCUT2D eigenvalue weighted by Gasteiger charge is -2.39. The average molecular weight is 408 g/mol. The Morgan fingerprint density at radius 2 is 1.89 bits per heavy atom. The van der Waals surface area contributed by atoms with Crippen LogP contribution in [0.15, 0.2) is 29.2 Å². The lowest BCUT2D eigenvalue weighted by atomic mass is 10.0. The Morgan fingerprint density at radius 3 is 2.57 bits per heavy atom. The van der Waals surface area contributed by atoms with Gasteiger partial charge in [-0.2, -0.15) is 4.31 Å². The largest absolute Gasteiger partial charge is 0.393 e. The summed E-state index contributed by atoms with van der Waals surface area (Å²) in [5.41, 5.74) is 0.908. The minimum Gasteiger partial charge on any atom is -0.393 e. The Hall–Kier alpha value is -1.64. The molecule has 2 N–H and O–H groups in total. The molecule has 0 radical (unpaired) electrons. The molecular weight excluding hydrogens is 378 g/mol. The van der Waals surface area contributed by atoms with Gasteiger partial charge in [-0.25, -0.2) is 13.2 Å². The van der Waals surface area contributed by atoms with Gasteiger partial charge >= 0.3 is 6.03 Å². The van der Waals surface area contributed by atoms with Crippen LogP contribution in [-0.4, -0.2) is 66.1 Å². The van der Waals surface area contributed by atoms with Crippen LogP contribution in [0.1, 0.15) is 44.1 Å². The highest BCUT2D eigenvalue weighted by molar-refractivity contribution is 7.89. The fraction of sp³-hybridized carbons (Fsp3) is 0.650. The number of nitrogens with one attached hydrogen (secondary N) is 1. The number of rotatable bonds is 3. The summed E-state index contributed by atoms with van der Waals surface area (Å²) in [7, 11) is -3.56. The number of aryl methyl sites for hydroxylation is 1. The van der Waals surface area contributed by atoms with Gasteiger partial charge in [-0.05, 0) is 63.1 Å². The summed E-state index contributed by atoms with van der Waals surface area (Å²) in [6, 6.07) is 6.85. The predicted octanol–water partition coefficient (Wildman–Crippen LogP) is 1.85. The number of fused-ring (bicyclic) bond motifs is 2. The number of benzene rings is 1. The van der Waals surface area contributed by atoms with Gasteiger partial charge in [0.25, 0.3) is 0 Å². The van der Waals surface area contributed by atoms with Gasteiger partial charge in [0.05, 0.1) is 11.0 Å². The fourth-order valence-electron chi connectivity index (χ4n) is 4.93. The normalized spacial score (nSPS) is 31.0. The quantitative estimate of drug-likeness (QED) is 0.800. The summed E-state index contributed by atoms with van der Waals surface area (Å²) in [6.07, 6.45) is 4.34. The Kier molecular flexibility index (Phi) is 5.37. The Balaban J connectivity index is 1.42. The molecule has 2 unspecified atom stereocenters. The van der Waals surface area contributed by atoms with E-state index in [0.29, 0.717) is 30.8 Å². The van der Waals surface area contributed by atoms with E-state index in [9.17, 15) is 18.3 Å². The van der Waals surface area contributed by atoms with Gasteiger partial charge in [0.2, 0.25) is 10.0 Å². The standard InChI is InChI=1S/C20H29N3O4S/c1-14-4-2-6-19(10-14)28(26,27)22-9-3-5-15(13-22)21-20(25)23-16-7-8-17(23)12-18(24)11-16/h2,4,6,10,15-18,24H,3,5,7-9,11-13H2,1H3,(H,21,25)/t15-,16?,17?,18?/m0/s1. The molecule has 1 aromatic rings. The van der Waals surface area contributed by atoms with Crippen LogP contribution >= 0.6 is 0 Å². The topological polar surface area (TPSA) is 90.0 Å². The zero-order valence-corrected chi connectivity index (χ0v) is 17.1. The van der Waals surface area contributed by atoms with E-state index in [-0.39, 0.29) is 30.3 Å². The first kappa shape index (κ1) is 19.7. The number of urea groups is 1. The van der Waals surface area contributed by atoms with Crippen molar-refractivity contribution in [3.05, 3.63) is 29.8 Å². The highest BCUT2D eigenvalue weighted by Crippen LogP contribution is 2.35. The molecule has 3 heterocycles. The number of aliphatic hydroxyl groups is 1. The molecular formula is C20H29N3O4S. The van der Waals surface area contributed by atoms with Gasteiger partial charge < -0.3 is 15.3 Å². The Bertz CT molecular complexity index is 830. The molecule has 28 heavy (non-hydrogen) atoms. The molecule has 154 valence electrons. The maximum atomic E-state index is 13.0. The number of amides is 2. The average Bonchev–Trinajstić information content (AvgIpc) is 2.93.